The molecule has 0 bridgehead atoms. The summed E-state index contributed by atoms with van der Waals surface area (Å²) in [6, 6.07) is 14.6. The first-order valence-corrected chi connectivity index (χ1v) is 7.61. The molecular weight excluding hydrogens is 302 g/mol. The molecule has 0 aliphatic rings. The minimum Gasteiger partial charge on any atom is -0.351 e. The van der Waals surface area contributed by atoms with Gasteiger partial charge in [-0.25, -0.2) is 0 Å². The molecule has 0 aliphatic carbocycles. The number of hydrogen-bond donors (Lipinski definition) is 2. The summed E-state index contributed by atoms with van der Waals surface area (Å²) in [4.78, 5) is 23.6. The molecule has 5 heteroatoms. The molecule has 0 atom stereocenters. The van der Waals surface area contributed by atoms with Gasteiger partial charge in [-0.1, -0.05) is 18.2 Å². The van der Waals surface area contributed by atoms with Crippen LogP contribution in [0, 0.1) is 25.2 Å². The van der Waals surface area contributed by atoms with E-state index in [4.69, 9.17) is 5.26 Å². The van der Waals surface area contributed by atoms with Crippen molar-refractivity contribution in [1.82, 2.24) is 5.32 Å². The van der Waals surface area contributed by atoms with Gasteiger partial charge in [0.05, 0.1) is 6.07 Å². The molecule has 2 aromatic carbocycles. The van der Waals surface area contributed by atoms with Crippen LogP contribution in [0.15, 0.2) is 42.5 Å². The molecule has 2 rings (SSSR count). The van der Waals surface area contributed by atoms with Crippen LogP contribution >= 0.6 is 0 Å². The normalized spacial score (nSPS) is 9.88. The Bertz CT molecular complexity index is 806. The molecule has 0 aliphatic heterocycles. The van der Waals surface area contributed by atoms with Crippen LogP contribution in [0.4, 0.5) is 5.69 Å². The largest absolute Gasteiger partial charge is 0.351 e. The number of aryl methyl sites for hydroxylation is 2. The summed E-state index contributed by atoms with van der Waals surface area (Å²) in [6.07, 6.45) is -0.163. The highest BCUT2D eigenvalue weighted by Crippen LogP contribution is 2.14. The van der Waals surface area contributed by atoms with Crippen LogP contribution < -0.4 is 10.6 Å². The Hall–Kier alpha value is -3.13. The van der Waals surface area contributed by atoms with Gasteiger partial charge >= 0.3 is 0 Å². The number of carbonyl (C=O) groups excluding carboxylic acids is 2. The van der Waals surface area contributed by atoms with Crippen LogP contribution in [-0.4, -0.2) is 11.8 Å². The number of amides is 2. The molecule has 0 heterocycles. The fraction of sp³-hybridized carbons (Fsp3) is 0.211. The lowest BCUT2D eigenvalue weighted by Gasteiger charge is -2.09. The number of nitrogens with one attached hydrogen (secondary N) is 2. The number of carbonyl (C=O) groups is 2. The summed E-state index contributed by atoms with van der Waals surface area (Å²) < 4.78 is 0. The van der Waals surface area contributed by atoms with Gasteiger partial charge in [0.15, 0.2) is 0 Å². The van der Waals surface area contributed by atoms with Crippen LogP contribution in [0.3, 0.4) is 0 Å². The van der Waals surface area contributed by atoms with E-state index in [-0.39, 0.29) is 18.2 Å². The van der Waals surface area contributed by atoms with Crippen molar-refractivity contribution in [2.45, 2.75) is 26.8 Å². The summed E-state index contributed by atoms with van der Waals surface area (Å²) in [5.41, 5.74) is 4.31. The number of anilines is 1. The molecule has 2 aromatic rings. The predicted octanol–water partition coefficient (Wildman–Crippen LogP) is 3.09. The van der Waals surface area contributed by atoms with Gasteiger partial charge in [0.2, 0.25) is 5.91 Å². The molecule has 0 saturated carbocycles. The number of benzene rings is 2. The molecule has 122 valence electrons. The van der Waals surface area contributed by atoms with E-state index in [0.29, 0.717) is 17.8 Å². The Morgan fingerprint density at radius 3 is 2.58 bits per heavy atom. The van der Waals surface area contributed by atoms with Gasteiger partial charge in [0.25, 0.3) is 5.91 Å². The van der Waals surface area contributed by atoms with Gasteiger partial charge in [-0.2, -0.15) is 5.26 Å². The molecule has 24 heavy (non-hydrogen) atoms. The average Bonchev–Trinajstić information content (AvgIpc) is 2.56. The first kappa shape index (κ1) is 17.2. The number of hydrogen-bond acceptors (Lipinski definition) is 3. The van der Waals surface area contributed by atoms with Gasteiger partial charge in [-0.15, -0.1) is 0 Å². The zero-order valence-electron chi connectivity index (χ0n) is 13.7. The molecule has 0 fully saturated rings. The van der Waals surface area contributed by atoms with Gasteiger partial charge in [0, 0.05) is 17.8 Å². The van der Waals surface area contributed by atoms with E-state index in [2.05, 4.69) is 10.6 Å². The zero-order chi connectivity index (χ0) is 17.5. The van der Waals surface area contributed by atoms with E-state index in [1.54, 1.807) is 24.3 Å². The van der Waals surface area contributed by atoms with Crippen molar-refractivity contribution in [2.75, 3.05) is 5.32 Å². The molecule has 0 radical (unpaired) electrons. The van der Waals surface area contributed by atoms with Gasteiger partial charge in [-0.3, -0.25) is 9.59 Å². The Kier molecular flexibility index (Phi) is 5.69. The topological polar surface area (TPSA) is 82.0 Å². The first-order valence-electron chi connectivity index (χ1n) is 7.61. The lowest BCUT2D eigenvalue weighted by atomic mass is 10.1. The van der Waals surface area contributed by atoms with E-state index >= 15 is 0 Å². The van der Waals surface area contributed by atoms with E-state index in [9.17, 15) is 9.59 Å². The van der Waals surface area contributed by atoms with Crippen LogP contribution in [0.25, 0.3) is 0 Å². The summed E-state index contributed by atoms with van der Waals surface area (Å²) >= 11 is 0. The Balaban J connectivity index is 2.03. The van der Waals surface area contributed by atoms with Crippen molar-refractivity contribution in [3.05, 3.63) is 64.7 Å². The summed E-state index contributed by atoms with van der Waals surface area (Å²) in [5.74, 6) is -0.495. The number of nitrogens with zero attached hydrogens (tertiary/aromatic N) is 1. The second kappa shape index (κ2) is 7.93. The van der Waals surface area contributed by atoms with Crippen LogP contribution in [-0.2, 0) is 11.3 Å². The van der Waals surface area contributed by atoms with Crippen molar-refractivity contribution < 1.29 is 9.59 Å². The molecule has 2 amide bonds. The minimum absolute atomic E-state index is 0.163. The van der Waals surface area contributed by atoms with Gasteiger partial charge < -0.3 is 10.6 Å². The third-order valence-corrected chi connectivity index (χ3v) is 3.68. The van der Waals surface area contributed by atoms with E-state index in [1.165, 1.54) is 0 Å². The van der Waals surface area contributed by atoms with E-state index in [0.717, 1.165) is 16.7 Å². The smallest absolute Gasteiger partial charge is 0.255 e. The summed E-state index contributed by atoms with van der Waals surface area (Å²) in [7, 11) is 0. The Labute approximate surface area is 141 Å². The quantitative estimate of drug-likeness (QED) is 0.888. The highest BCUT2D eigenvalue weighted by molar-refractivity contribution is 6.04. The van der Waals surface area contributed by atoms with E-state index in [1.807, 2.05) is 38.1 Å². The standard InChI is InChI=1S/C19H19N3O2/c1-13-6-7-16(10-14(13)2)19(24)22-17-5-3-4-15(11-17)12-21-18(23)8-9-20/h3-7,10-11H,8,12H2,1-2H3,(H,21,23)(H,22,24). The van der Waals surface area contributed by atoms with Crippen molar-refractivity contribution in [1.29, 1.82) is 5.26 Å². The highest BCUT2D eigenvalue weighted by Gasteiger charge is 2.08. The molecule has 0 saturated heterocycles. The Morgan fingerprint density at radius 1 is 1.08 bits per heavy atom. The van der Waals surface area contributed by atoms with Crippen molar-refractivity contribution >= 4 is 17.5 Å². The molecule has 2 N–H and O–H groups in total. The molecule has 5 nitrogen and oxygen atoms in total. The number of nitriles is 1. The van der Waals surface area contributed by atoms with Crippen molar-refractivity contribution in [3.8, 4) is 6.07 Å². The maximum atomic E-state index is 12.3. The second-order valence-electron chi connectivity index (χ2n) is 5.57. The minimum atomic E-state index is -0.318. The van der Waals surface area contributed by atoms with Gasteiger partial charge in [0.1, 0.15) is 6.42 Å². The monoisotopic (exact) mass is 321 g/mol. The fourth-order valence-corrected chi connectivity index (χ4v) is 2.18. The molecular formula is C19H19N3O2. The van der Waals surface area contributed by atoms with Crippen LogP contribution in [0.5, 0.6) is 0 Å². The SMILES string of the molecule is Cc1ccc(C(=O)Nc2cccc(CNC(=O)CC#N)c2)cc1C. The molecule has 0 unspecified atom stereocenters. The highest BCUT2D eigenvalue weighted by atomic mass is 16.2. The first-order chi connectivity index (χ1) is 11.5. The van der Waals surface area contributed by atoms with Gasteiger partial charge in [-0.05, 0) is 54.8 Å². The third-order valence-electron chi connectivity index (χ3n) is 3.68. The Morgan fingerprint density at radius 2 is 1.88 bits per heavy atom. The number of rotatable bonds is 5. The van der Waals surface area contributed by atoms with Crippen LogP contribution in [0.1, 0.15) is 33.5 Å². The lowest BCUT2D eigenvalue weighted by Crippen LogP contribution is -2.22. The predicted molar refractivity (Wildman–Crippen MR) is 92.4 cm³/mol. The molecule has 0 aromatic heterocycles. The lowest BCUT2D eigenvalue weighted by molar-refractivity contribution is -0.120. The van der Waals surface area contributed by atoms with E-state index < -0.39 is 0 Å². The third kappa shape index (κ3) is 4.68. The maximum Gasteiger partial charge on any atom is 0.255 e. The fourth-order valence-electron chi connectivity index (χ4n) is 2.18. The van der Waals surface area contributed by atoms with Crippen LogP contribution in [0.2, 0.25) is 0 Å². The summed E-state index contributed by atoms with van der Waals surface area (Å²) in [6.45, 7) is 4.28. The zero-order valence-corrected chi connectivity index (χ0v) is 13.7. The maximum absolute atomic E-state index is 12.3. The summed E-state index contributed by atoms with van der Waals surface area (Å²) in [5, 5.41) is 14.0. The molecule has 0 spiro atoms. The van der Waals surface area contributed by atoms with Crippen molar-refractivity contribution in [2.24, 2.45) is 0 Å². The van der Waals surface area contributed by atoms with Crippen molar-refractivity contribution in [3.63, 3.8) is 0 Å². The average molecular weight is 321 g/mol. The second-order valence-corrected chi connectivity index (χ2v) is 5.57.